The van der Waals surface area contributed by atoms with Crippen molar-refractivity contribution < 1.29 is 14.3 Å². The molecule has 1 spiro atoms. The van der Waals surface area contributed by atoms with Gasteiger partial charge in [-0.15, -0.1) is 11.3 Å². The highest BCUT2D eigenvalue weighted by Crippen LogP contribution is 2.35. The number of thiazole rings is 1. The van der Waals surface area contributed by atoms with Crippen LogP contribution in [0.1, 0.15) is 50.0 Å². The molecule has 126 valence electrons. The molecule has 7 heteroatoms. The van der Waals surface area contributed by atoms with Crippen LogP contribution in [0, 0.1) is 0 Å². The number of aromatic nitrogens is 1. The van der Waals surface area contributed by atoms with E-state index >= 15 is 0 Å². The maximum atomic E-state index is 12.3. The smallest absolute Gasteiger partial charge is 0.410 e. The minimum atomic E-state index is -0.419. The van der Waals surface area contributed by atoms with Crippen molar-refractivity contribution in [1.82, 2.24) is 14.8 Å². The number of carbonyl (C=O) groups is 2. The second-order valence-electron chi connectivity index (χ2n) is 6.48. The highest BCUT2D eigenvalue weighted by atomic mass is 32.1. The van der Waals surface area contributed by atoms with Gasteiger partial charge in [0, 0.05) is 37.4 Å². The first kappa shape index (κ1) is 16.2. The van der Waals surface area contributed by atoms with Crippen molar-refractivity contribution in [3.63, 3.8) is 0 Å². The van der Waals surface area contributed by atoms with E-state index < -0.39 is 5.60 Å². The number of likely N-dealkylation sites (tertiary alicyclic amines) is 1. The van der Waals surface area contributed by atoms with Gasteiger partial charge in [0.25, 0.3) is 5.91 Å². The van der Waals surface area contributed by atoms with E-state index in [1.54, 1.807) is 10.9 Å². The number of amides is 2. The zero-order valence-corrected chi connectivity index (χ0v) is 14.5. The third-order valence-corrected chi connectivity index (χ3v) is 5.44. The number of nitrogens with zero attached hydrogens (tertiary/aromatic N) is 3. The molecule has 1 aromatic heterocycles. The largest absolute Gasteiger partial charge is 0.441 e. The van der Waals surface area contributed by atoms with E-state index in [9.17, 15) is 9.59 Å². The summed E-state index contributed by atoms with van der Waals surface area (Å²) in [6, 6.07) is 0.210. The second-order valence-corrected chi connectivity index (χ2v) is 7.20. The molecular formula is C16H23N3O3S. The summed E-state index contributed by atoms with van der Waals surface area (Å²) < 4.78 is 5.72. The first-order valence-electron chi connectivity index (χ1n) is 8.22. The molecule has 0 saturated carbocycles. The quantitative estimate of drug-likeness (QED) is 0.847. The van der Waals surface area contributed by atoms with E-state index in [0.29, 0.717) is 38.2 Å². The lowest BCUT2D eigenvalue weighted by atomic mass is 9.91. The van der Waals surface area contributed by atoms with Crippen LogP contribution in [0.25, 0.3) is 0 Å². The van der Waals surface area contributed by atoms with Gasteiger partial charge >= 0.3 is 6.09 Å². The first-order chi connectivity index (χ1) is 11.0. The minimum Gasteiger partial charge on any atom is -0.441 e. The number of rotatable bonds is 4. The third kappa shape index (κ3) is 3.20. The molecule has 2 fully saturated rings. The Labute approximate surface area is 140 Å². The van der Waals surface area contributed by atoms with Crippen molar-refractivity contribution in [3.8, 4) is 0 Å². The average Bonchev–Trinajstić information content (AvgIpc) is 3.16. The van der Waals surface area contributed by atoms with E-state index in [4.69, 9.17) is 4.74 Å². The summed E-state index contributed by atoms with van der Waals surface area (Å²) >= 11 is 1.42. The normalized spacial score (nSPS) is 21.6. The lowest BCUT2D eigenvalue weighted by Crippen LogP contribution is -2.49. The van der Waals surface area contributed by atoms with E-state index in [0.717, 1.165) is 12.8 Å². The molecule has 0 radical (unpaired) electrons. The molecule has 2 amide bonds. The Balaban J connectivity index is 1.60. The van der Waals surface area contributed by atoms with Crippen molar-refractivity contribution in [2.45, 2.75) is 51.2 Å². The summed E-state index contributed by atoms with van der Waals surface area (Å²) in [6.07, 6.45) is 3.23. The molecule has 2 aliphatic heterocycles. The molecule has 1 unspecified atom stereocenters. The molecule has 6 nitrogen and oxygen atoms in total. The van der Waals surface area contributed by atoms with Crippen LogP contribution in [-0.4, -0.2) is 58.1 Å². The van der Waals surface area contributed by atoms with E-state index in [1.807, 2.05) is 9.80 Å². The Hall–Kier alpha value is -1.63. The minimum absolute atomic E-state index is 0.0263. The molecule has 2 aliphatic rings. The summed E-state index contributed by atoms with van der Waals surface area (Å²) in [4.78, 5) is 32.3. The number of hydrogen-bond donors (Lipinski definition) is 0. The Bertz CT molecular complexity index is 567. The lowest BCUT2D eigenvalue weighted by molar-refractivity contribution is 0.00292. The summed E-state index contributed by atoms with van der Waals surface area (Å²) in [6.45, 7) is 6.06. The molecular weight excluding hydrogens is 314 g/mol. The van der Waals surface area contributed by atoms with Gasteiger partial charge in [-0.25, -0.2) is 9.78 Å². The van der Waals surface area contributed by atoms with Crippen LogP contribution in [0.15, 0.2) is 10.9 Å². The van der Waals surface area contributed by atoms with Crippen LogP contribution in [-0.2, 0) is 4.74 Å². The van der Waals surface area contributed by atoms with Gasteiger partial charge in [-0.3, -0.25) is 4.79 Å². The predicted molar refractivity (Wildman–Crippen MR) is 87.5 cm³/mol. The van der Waals surface area contributed by atoms with Gasteiger partial charge in [-0.2, -0.15) is 0 Å². The zero-order valence-electron chi connectivity index (χ0n) is 13.7. The van der Waals surface area contributed by atoms with E-state index in [-0.39, 0.29) is 18.0 Å². The molecule has 3 heterocycles. The molecule has 2 saturated heterocycles. The second kappa shape index (κ2) is 6.47. The van der Waals surface area contributed by atoms with Crippen molar-refractivity contribution >= 4 is 23.3 Å². The summed E-state index contributed by atoms with van der Waals surface area (Å²) in [5.41, 5.74) is 1.76. The van der Waals surface area contributed by atoms with Crippen LogP contribution < -0.4 is 0 Å². The summed E-state index contributed by atoms with van der Waals surface area (Å²) in [5.74, 6) is -0.0263. The number of hydrogen-bond acceptors (Lipinski definition) is 5. The predicted octanol–water partition coefficient (Wildman–Crippen LogP) is 2.76. The Kier molecular flexibility index (Phi) is 4.57. The van der Waals surface area contributed by atoms with Gasteiger partial charge in [-0.1, -0.05) is 13.3 Å². The average molecular weight is 337 g/mol. The van der Waals surface area contributed by atoms with Crippen molar-refractivity contribution in [3.05, 3.63) is 16.6 Å². The van der Waals surface area contributed by atoms with Gasteiger partial charge in [0.05, 0.1) is 12.1 Å². The molecule has 0 N–H and O–H groups in total. The Morgan fingerprint density at radius 1 is 1.48 bits per heavy atom. The van der Waals surface area contributed by atoms with Crippen LogP contribution in [0.2, 0.25) is 0 Å². The SMILES string of the molecule is CCCC(C)N1CC2(CCN(C(=O)c3cscn3)CC2)OC1=O. The fourth-order valence-corrected chi connectivity index (χ4v) is 3.94. The third-order valence-electron chi connectivity index (χ3n) is 4.85. The van der Waals surface area contributed by atoms with Crippen LogP contribution in [0.5, 0.6) is 0 Å². The molecule has 1 atom stereocenters. The van der Waals surface area contributed by atoms with Crippen LogP contribution in [0.4, 0.5) is 4.79 Å². The van der Waals surface area contributed by atoms with Gasteiger partial charge in [0.2, 0.25) is 0 Å². The first-order valence-corrected chi connectivity index (χ1v) is 9.16. The topological polar surface area (TPSA) is 62.7 Å². The number of carbonyl (C=O) groups excluding carboxylic acids is 2. The Morgan fingerprint density at radius 2 is 2.22 bits per heavy atom. The molecule has 3 rings (SSSR count). The van der Waals surface area contributed by atoms with Crippen LogP contribution in [0.3, 0.4) is 0 Å². The molecule has 23 heavy (non-hydrogen) atoms. The highest BCUT2D eigenvalue weighted by molar-refractivity contribution is 7.07. The summed E-state index contributed by atoms with van der Waals surface area (Å²) in [5, 5.41) is 1.77. The van der Waals surface area contributed by atoms with Gasteiger partial charge < -0.3 is 14.5 Å². The van der Waals surface area contributed by atoms with E-state index in [2.05, 4.69) is 18.8 Å². The molecule has 0 bridgehead atoms. The van der Waals surface area contributed by atoms with Crippen molar-refractivity contribution in [2.75, 3.05) is 19.6 Å². The van der Waals surface area contributed by atoms with Gasteiger partial charge in [0.15, 0.2) is 0 Å². The fourth-order valence-electron chi connectivity index (χ4n) is 3.42. The number of ether oxygens (including phenoxy) is 1. The van der Waals surface area contributed by atoms with Crippen molar-refractivity contribution in [2.24, 2.45) is 0 Å². The highest BCUT2D eigenvalue weighted by Gasteiger charge is 2.48. The standard InChI is InChI=1S/C16H23N3O3S/c1-3-4-12(2)19-10-16(22-15(19)21)5-7-18(8-6-16)14(20)13-9-23-11-17-13/h9,11-12H,3-8,10H2,1-2H3. The van der Waals surface area contributed by atoms with Crippen LogP contribution >= 0.6 is 11.3 Å². The monoisotopic (exact) mass is 337 g/mol. The molecule has 1 aromatic rings. The van der Waals surface area contributed by atoms with Gasteiger partial charge in [-0.05, 0) is 13.3 Å². The fraction of sp³-hybridized carbons (Fsp3) is 0.688. The summed E-state index contributed by atoms with van der Waals surface area (Å²) in [7, 11) is 0. The van der Waals surface area contributed by atoms with Crippen molar-refractivity contribution in [1.29, 1.82) is 0 Å². The number of piperidine rings is 1. The molecule has 0 aliphatic carbocycles. The Morgan fingerprint density at radius 3 is 2.83 bits per heavy atom. The maximum Gasteiger partial charge on any atom is 0.410 e. The van der Waals surface area contributed by atoms with Gasteiger partial charge in [0.1, 0.15) is 11.3 Å². The molecule has 0 aromatic carbocycles. The lowest BCUT2D eigenvalue weighted by Gasteiger charge is -2.37. The van der Waals surface area contributed by atoms with E-state index in [1.165, 1.54) is 11.3 Å². The zero-order chi connectivity index (χ0) is 16.4. The maximum absolute atomic E-state index is 12.3.